The van der Waals surface area contributed by atoms with E-state index in [9.17, 15) is 0 Å². The predicted octanol–water partition coefficient (Wildman–Crippen LogP) is 4.90. The Morgan fingerprint density at radius 3 is 2.06 bits per heavy atom. The Hall–Kier alpha value is -0.920. The van der Waals surface area contributed by atoms with Crippen LogP contribution in [0.15, 0.2) is 21.8 Å². The molecule has 0 atom stereocenters. The van der Waals surface area contributed by atoms with Crippen molar-refractivity contribution in [2.45, 2.75) is 60.3 Å². The minimum Gasteiger partial charge on any atom is -0.290 e. The monoisotopic (exact) mass is 250 g/mol. The van der Waals surface area contributed by atoms with E-state index < -0.39 is 0 Å². The van der Waals surface area contributed by atoms with Crippen LogP contribution >= 0.6 is 0 Å². The molecule has 2 heteroatoms. The van der Waals surface area contributed by atoms with Crippen molar-refractivity contribution >= 4 is 12.4 Å². The summed E-state index contributed by atoms with van der Waals surface area (Å²) in [6.07, 6.45) is 6.54. The van der Waals surface area contributed by atoms with Crippen molar-refractivity contribution in [3.63, 3.8) is 0 Å². The molecule has 2 nitrogen and oxygen atoms in total. The molecule has 0 saturated heterocycles. The van der Waals surface area contributed by atoms with E-state index in [1.165, 1.54) is 12.1 Å². The molecule has 0 heterocycles. The van der Waals surface area contributed by atoms with Crippen molar-refractivity contribution in [2.75, 3.05) is 6.54 Å². The molecule has 104 valence electrons. The average molecular weight is 250 g/mol. The lowest BCUT2D eigenvalue weighted by Crippen LogP contribution is -2.00. The summed E-state index contributed by atoms with van der Waals surface area (Å²) in [7, 11) is 0. The van der Waals surface area contributed by atoms with Gasteiger partial charge in [0.1, 0.15) is 0 Å². The van der Waals surface area contributed by atoms with E-state index in [4.69, 9.17) is 0 Å². The van der Waals surface area contributed by atoms with Gasteiger partial charge in [-0.15, -0.1) is 0 Å². The molecule has 0 spiro atoms. The summed E-state index contributed by atoms with van der Waals surface area (Å²) in [6.45, 7) is 15.6. The van der Waals surface area contributed by atoms with Crippen LogP contribution in [0.2, 0.25) is 0 Å². The first-order valence-electron chi connectivity index (χ1n) is 7.20. The van der Waals surface area contributed by atoms with Gasteiger partial charge in [0.25, 0.3) is 0 Å². The number of aliphatic imine (C=N–C) groups is 2. The van der Waals surface area contributed by atoms with Crippen LogP contribution in [0.1, 0.15) is 60.3 Å². The normalized spacial score (nSPS) is 13.5. The Morgan fingerprint density at radius 2 is 1.61 bits per heavy atom. The van der Waals surface area contributed by atoms with Crippen molar-refractivity contribution in [2.24, 2.45) is 21.8 Å². The highest BCUT2D eigenvalue weighted by atomic mass is 14.7. The van der Waals surface area contributed by atoms with E-state index in [1.54, 1.807) is 0 Å². The summed E-state index contributed by atoms with van der Waals surface area (Å²) in [5.41, 5.74) is 2.26. The lowest BCUT2D eigenvalue weighted by Gasteiger charge is -2.08. The molecule has 0 N–H and O–H groups in total. The lowest BCUT2D eigenvalue weighted by molar-refractivity contribution is 0.583. The highest BCUT2D eigenvalue weighted by molar-refractivity contribution is 5.95. The first kappa shape index (κ1) is 17.1. The summed E-state index contributed by atoms with van der Waals surface area (Å²) in [5.74, 6) is 1.42. The zero-order valence-corrected chi connectivity index (χ0v) is 12.9. The zero-order chi connectivity index (χ0) is 14.0. The summed E-state index contributed by atoms with van der Waals surface area (Å²) in [4.78, 5) is 8.70. The van der Waals surface area contributed by atoms with Gasteiger partial charge in [0, 0.05) is 18.0 Å². The fourth-order valence-corrected chi connectivity index (χ4v) is 1.66. The molecule has 0 aliphatic rings. The Balaban J connectivity index is 4.57. The minimum absolute atomic E-state index is 0.706. The topological polar surface area (TPSA) is 24.7 Å². The summed E-state index contributed by atoms with van der Waals surface area (Å²) in [5, 5.41) is 0. The van der Waals surface area contributed by atoms with E-state index in [2.05, 4.69) is 57.4 Å². The van der Waals surface area contributed by atoms with Crippen molar-refractivity contribution in [3.8, 4) is 0 Å². The molecule has 0 rings (SSSR count). The van der Waals surface area contributed by atoms with Gasteiger partial charge in [-0.1, -0.05) is 27.7 Å². The second-order valence-electron chi connectivity index (χ2n) is 5.62. The highest BCUT2D eigenvalue weighted by Crippen LogP contribution is 2.14. The molecule has 0 aliphatic heterocycles. The second-order valence-corrected chi connectivity index (χ2v) is 5.62. The molecule has 0 aromatic rings. The van der Waals surface area contributed by atoms with Gasteiger partial charge in [-0.25, -0.2) is 0 Å². The van der Waals surface area contributed by atoms with E-state index >= 15 is 0 Å². The molecule has 0 aliphatic carbocycles. The summed E-state index contributed by atoms with van der Waals surface area (Å²) in [6, 6.07) is 0. The predicted molar refractivity (Wildman–Crippen MR) is 83.8 cm³/mol. The molecule has 0 radical (unpaired) electrons. The van der Waals surface area contributed by atoms with Gasteiger partial charge < -0.3 is 0 Å². The maximum atomic E-state index is 4.56. The van der Waals surface area contributed by atoms with Gasteiger partial charge in [0.2, 0.25) is 0 Å². The third-order valence-corrected chi connectivity index (χ3v) is 2.85. The molecule has 0 bridgehead atoms. The Bertz CT molecular complexity index is 285. The summed E-state index contributed by atoms with van der Waals surface area (Å²) >= 11 is 0. The van der Waals surface area contributed by atoms with Crippen LogP contribution in [-0.2, 0) is 0 Å². The van der Waals surface area contributed by atoms with Crippen LogP contribution in [0.4, 0.5) is 0 Å². The SMILES string of the molecule is C=N/C(=C\C(CCC(C)C)=NCC)CCC(C)C. The van der Waals surface area contributed by atoms with Crippen molar-refractivity contribution in [1.82, 2.24) is 0 Å². The van der Waals surface area contributed by atoms with E-state index in [-0.39, 0.29) is 0 Å². The zero-order valence-electron chi connectivity index (χ0n) is 12.9. The average Bonchev–Trinajstić information content (AvgIpc) is 2.30. The van der Waals surface area contributed by atoms with E-state index in [0.717, 1.165) is 37.4 Å². The van der Waals surface area contributed by atoms with Crippen LogP contribution in [0, 0.1) is 11.8 Å². The fraction of sp³-hybridized carbons (Fsp3) is 0.750. The number of hydrogen-bond donors (Lipinski definition) is 0. The van der Waals surface area contributed by atoms with Crippen LogP contribution in [-0.4, -0.2) is 19.0 Å². The largest absolute Gasteiger partial charge is 0.290 e. The van der Waals surface area contributed by atoms with E-state index in [1.807, 2.05) is 0 Å². The maximum absolute atomic E-state index is 4.56. The number of rotatable bonds is 9. The van der Waals surface area contributed by atoms with Gasteiger partial charge in [-0.2, -0.15) is 0 Å². The first-order valence-corrected chi connectivity index (χ1v) is 7.20. The molecule has 0 aromatic carbocycles. The number of nitrogens with zero attached hydrogens (tertiary/aromatic N) is 2. The molecular weight excluding hydrogens is 220 g/mol. The third kappa shape index (κ3) is 9.15. The number of allylic oxidation sites excluding steroid dienone is 2. The third-order valence-electron chi connectivity index (χ3n) is 2.85. The minimum atomic E-state index is 0.706. The van der Waals surface area contributed by atoms with Crippen LogP contribution in [0.5, 0.6) is 0 Å². The molecular formula is C16H30N2. The molecule has 0 fully saturated rings. The van der Waals surface area contributed by atoms with Crippen molar-refractivity contribution in [1.29, 1.82) is 0 Å². The maximum Gasteiger partial charge on any atom is 0.0414 e. The van der Waals surface area contributed by atoms with Crippen molar-refractivity contribution < 1.29 is 0 Å². The second kappa shape index (κ2) is 10.0. The smallest absolute Gasteiger partial charge is 0.0414 e. The quantitative estimate of drug-likeness (QED) is 0.520. The van der Waals surface area contributed by atoms with Crippen LogP contribution < -0.4 is 0 Å². The first-order chi connectivity index (χ1) is 8.49. The molecule has 0 unspecified atom stereocenters. The van der Waals surface area contributed by atoms with Crippen LogP contribution in [0.25, 0.3) is 0 Å². The number of hydrogen-bond acceptors (Lipinski definition) is 2. The standard InChI is InChI=1S/C16H30N2/c1-7-18-16(11-9-14(4)5)12-15(17-6)10-8-13(2)3/h12-14H,6-11H2,1-5H3/b15-12-,18-16?. The van der Waals surface area contributed by atoms with Gasteiger partial charge in [0.05, 0.1) is 0 Å². The Kier molecular flexibility index (Phi) is 9.53. The highest BCUT2D eigenvalue weighted by Gasteiger charge is 2.03. The molecule has 18 heavy (non-hydrogen) atoms. The van der Waals surface area contributed by atoms with Gasteiger partial charge in [-0.3, -0.25) is 9.98 Å². The fourth-order valence-electron chi connectivity index (χ4n) is 1.66. The molecule has 0 amide bonds. The lowest BCUT2D eigenvalue weighted by atomic mass is 10.0. The molecule has 0 saturated carbocycles. The Morgan fingerprint density at radius 1 is 1.06 bits per heavy atom. The van der Waals surface area contributed by atoms with Gasteiger partial charge in [0.15, 0.2) is 0 Å². The van der Waals surface area contributed by atoms with E-state index in [0.29, 0.717) is 5.92 Å². The van der Waals surface area contributed by atoms with Gasteiger partial charge >= 0.3 is 0 Å². The Labute approximate surface area is 113 Å². The summed E-state index contributed by atoms with van der Waals surface area (Å²) < 4.78 is 0. The molecule has 0 aromatic heterocycles. The van der Waals surface area contributed by atoms with Crippen LogP contribution in [0.3, 0.4) is 0 Å². The van der Waals surface area contributed by atoms with Gasteiger partial charge in [-0.05, 0) is 57.2 Å². The van der Waals surface area contributed by atoms with Crippen molar-refractivity contribution in [3.05, 3.63) is 11.8 Å².